The molecule has 35 heavy (non-hydrogen) atoms. The quantitative estimate of drug-likeness (QED) is 0.503. The zero-order valence-corrected chi connectivity index (χ0v) is 21.3. The minimum absolute atomic E-state index is 0.229. The molecule has 7 nitrogen and oxygen atoms in total. The molecule has 1 N–H and O–H groups in total. The lowest BCUT2D eigenvalue weighted by Crippen LogP contribution is -2.58. The normalized spacial score (nSPS) is 19.5. The predicted octanol–water partition coefficient (Wildman–Crippen LogP) is 3.39. The van der Waals surface area contributed by atoms with Crippen molar-refractivity contribution >= 4 is 29.6 Å². The summed E-state index contributed by atoms with van der Waals surface area (Å²) < 4.78 is 10.4. The van der Waals surface area contributed by atoms with Crippen LogP contribution in [0.1, 0.15) is 36.6 Å². The number of nitrogens with zero attached hydrogens (tertiary/aromatic N) is 1. The fraction of sp³-hybridized carbons (Fsp3) is 0.444. The van der Waals surface area contributed by atoms with E-state index in [1.165, 1.54) is 7.11 Å². The number of nitrogens with one attached hydrogen (secondary N) is 1. The number of esters is 2. The minimum atomic E-state index is -0.747. The Kier molecular flexibility index (Phi) is 10.2. The summed E-state index contributed by atoms with van der Waals surface area (Å²) in [4.78, 5) is 40.7. The van der Waals surface area contributed by atoms with Crippen LogP contribution in [0.5, 0.6) is 0 Å². The maximum Gasteiger partial charge on any atom is 0.330 e. The van der Waals surface area contributed by atoms with E-state index in [4.69, 9.17) is 9.47 Å². The van der Waals surface area contributed by atoms with E-state index in [9.17, 15) is 14.4 Å². The number of methoxy groups -OCH3 is 1. The molecule has 1 aliphatic heterocycles. The Bertz CT molecular complexity index is 972. The third-order valence-corrected chi connectivity index (χ3v) is 7.37. The zero-order chi connectivity index (χ0) is 25.2. The number of benzene rings is 2. The van der Waals surface area contributed by atoms with Gasteiger partial charge in [-0.05, 0) is 37.8 Å². The summed E-state index contributed by atoms with van der Waals surface area (Å²) in [7, 11) is 1.34. The Balaban J connectivity index is 1.76. The maximum atomic E-state index is 13.6. The lowest BCUT2D eigenvalue weighted by Gasteiger charge is -2.40. The average Bonchev–Trinajstić information content (AvgIpc) is 2.90. The lowest BCUT2D eigenvalue weighted by molar-refractivity contribution is -0.154. The molecule has 2 aromatic carbocycles. The van der Waals surface area contributed by atoms with E-state index < -0.39 is 24.1 Å². The fourth-order valence-corrected chi connectivity index (χ4v) is 5.65. The third-order valence-electron chi connectivity index (χ3n) is 6.06. The van der Waals surface area contributed by atoms with Gasteiger partial charge in [0.15, 0.2) is 0 Å². The smallest absolute Gasteiger partial charge is 0.330 e. The van der Waals surface area contributed by atoms with Crippen molar-refractivity contribution in [2.24, 2.45) is 0 Å². The fourth-order valence-electron chi connectivity index (χ4n) is 4.30. The Morgan fingerprint density at radius 3 is 2.37 bits per heavy atom. The van der Waals surface area contributed by atoms with E-state index in [0.717, 1.165) is 11.1 Å². The second kappa shape index (κ2) is 13.3. The molecular formula is C27H34N2O5S. The van der Waals surface area contributed by atoms with Crippen LogP contribution >= 0.6 is 11.8 Å². The van der Waals surface area contributed by atoms with E-state index in [0.29, 0.717) is 25.1 Å². The SMILES string of the molecule is CCOC(=O)C(CCc1ccccc1)NC(C)C(=O)N1CCSC(c2ccccc2)C1C(=O)OC. The Labute approximate surface area is 211 Å². The first kappa shape index (κ1) is 26.8. The summed E-state index contributed by atoms with van der Waals surface area (Å²) in [6, 6.07) is 17.5. The van der Waals surface area contributed by atoms with Crippen LogP contribution in [0.15, 0.2) is 60.7 Å². The zero-order valence-electron chi connectivity index (χ0n) is 20.5. The molecule has 1 fully saturated rings. The summed E-state index contributed by atoms with van der Waals surface area (Å²) >= 11 is 1.64. The van der Waals surface area contributed by atoms with Gasteiger partial charge in [0.2, 0.25) is 5.91 Å². The number of rotatable bonds is 10. The molecule has 2 aromatic rings. The standard InChI is InChI=1S/C27H34N2O5S/c1-4-34-26(31)22(16-15-20-11-7-5-8-12-20)28-19(2)25(30)29-17-18-35-24(23(29)27(32)33-3)21-13-9-6-10-14-21/h5-14,19,22-24,28H,4,15-18H2,1-3H3. The molecule has 4 atom stereocenters. The maximum absolute atomic E-state index is 13.6. The second-order valence-electron chi connectivity index (χ2n) is 8.42. The number of aryl methyl sites for hydroxylation is 1. The van der Waals surface area contributed by atoms with Gasteiger partial charge < -0.3 is 14.4 Å². The minimum Gasteiger partial charge on any atom is -0.467 e. The van der Waals surface area contributed by atoms with Gasteiger partial charge in [0.05, 0.1) is 25.0 Å². The molecule has 1 heterocycles. The van der Waals surface area contributed by atoms with Crippen LogP contribution in [0.2, 0.25) is 0 Å². The van der Waals surface area contributed by atoms with Crippen molar-refractivity contribution in [1.82, 2.24) is 10.2 Å². The highest BCUT2D eigenvalue weighted by molar-refractivity contribution is 7.99. The molecule has 0 radical (unpaired) electrons. The lowest BCUT2D eigenvalue weighted by atomic mass is 10.0. The summed E-state index contributed by atoms with van der Waals surface area (Å²) in [5.41, 5.74) is 2.07. The molecule has 1 saturated heterocycles. The van der Waals surface area contributed by atoms with Crippen LogP contribution in [0.3, 0.4) is 0 Å². The summed E-state index contributed by atoms with van der Waals surface area (Å²) in [6.45, 7) is 4.17. The van der Waals surface area contributed by atoms with Gasteiger partial charge in [-0.2, -0.15) is 0 Å². The molecule has 1 amide bonds. The van der Waals surface area contributed by atoms with E-state index in [-0.39, 0.29) is 23.7 Å². The first-order chi connectivity index (χ1) is 17.0. The van der Waals surface area contributed by atoms with Gasteiger partial charge in [-0.3, -0.25) is 14.9 Å². The number of hydrogen-bond acceptors (Lipinski definition) is 7. The van der Waals surface area contributed by atoms with Crippen LogP contribution in [0, 0.1) is 0 Å². The number of carbonyl (C=O) groups is 3. The van der Waals surface area contributed by atoms with E-state index in [1.54, 1.807) is 30.5 Å². The van der Waals surface area contributed by atoms with Crippen molar-refractivity contribution < 1.29 is 23.9 Å². The molecule has 0 spiro atoms. The monoisotopic (exact) mass is 498 g/mol. The highest BCUT2D eigenvalue weighted by Crippen LogP contribution is 2.39. The Morgan fingerprint density at radius 1 is 1.09 bits per heavy atom. The van der Waals surface area contributed by atoms with E-state index in [2.05, 4.69) is 5.32 Å². The van der Waals surface area contributed by atoms with Crippen LogP contribution < -0.4 is 5.32 Å². The molecule has 3 rings (SSSR count). The molecular weight excluding hydrogens is 464 g/mol. The van der Waals surface area contributed by atoms with Gasteiger partial charge in [0.25, 0.3) is 0 Å². The molecule has 1 aliphatic rings. The van der Waals surface area contributed by atoms with Gasteiger partial charge in [0.1, 0.15) is 12.1 Å². The van der Waals surface area contributed by atoms with Gasteiger partial charge in [-0.25, -0.2) is 4.79 Å². The molecule has 0 bridgehead atoms. The van der Waals surface area contributed by atoms with Crippen LogP contribution in [0.4, 0.5) is 0 Å². The third kappa shape index (κ3) is 7.08. The van der Waals surface area contributed by atoms with Crippen molar-refractivity contribution in [2.45, 2.75) is 50.1 Å². The van der Waals surface area contributed by atoms with Gasteiger partial charge >= 0.3 is 11.9 Å². The molecule has 0 aromatic heterocycles. The molecule has 0 aliphatic carbocycles. The number of thioether (sulfide) groups is 1. The highest BCUT2D eigenvalue weighted by Gasteiger charge is 2.43. The largest absolute Gasteiger partial charge is 0.467 e. The van der Waals surface area contributed by atoms with Crippen molar-refractivity contribution in [3.05, 3.63) is 71.8 Å². The summed E-state index contributed by atoms with van der Waals surface area (Å²) in [5, 5.41) is 2.95. The Hall–Kier alpha value is -2.84. The summed E-state index contributed by atoms with van der Waals surface area (Å²) in [6.07, 6.45) is 1.16. The molecule has 188 valence electrons. The number of amides is 1. The van der Waals surface area contributed by atoms with Crippen molar-refractivity contribution in [1.29, 1.82) is 0 Å². The van der Waals surface area contributed by atoms with Crippen LogP contribution in [-0.4, -0.2) is 66.9 Å². The average molecular weight is 499 g/mol. The van der Waals surface area contributed by atoms with Crippen molar-refractivity contribution in [3.63, 3.8) is 0 Å². The van der Waals surface area contributed by atoms with Gasteiger partial charge in [-0.1, -0.05) is 60.7 Å². The molecule has 8 heteroatoms. The number of hydrogen-bond donors (Lipinski definition) is 1. The first-order valence-electron chi connectivity index (χ1n) is 12.0. The van der Waals surface area contributed by atoms with Gasteiger partial charge in [0, 0.05) is 12.3 Å². The van der Waals surface area contributed by atoms with Gasteiger partial charge in [-0.15, -0.1) is 11.8 Å². The number of carbonyl (C=O) groups excluding carboxylic acids is 3. The molecule has 4 unspecified atom stereocenters. The van der Waals surface area contributed by atoms with Crippen LogP contribution in [-0.2, 0) is 30.3 Å². The highest BCUT2D eigenvalue weighted by atomic mass is 32.2. The van der Waals surface area contributed by atoms with Crippen LogP contribution in [0.25, 0.3) is 0 Å². The second-order valence-corrected chi connectivity index (χ2v) is 9.67. The predicted molar refractivity (Wildman–Crippen MR) is 137 cm³/mol. The topological polar surface area (TPSA) is 84.9 Å². The first-order valence-corrected chi connectivity index (χ1v) is 13.0. The summed E-state index contributed by atoms with van der Waals surface area (Å²) in [5.74, 6) is -0.377. The van der Waals surface area contributed by atoms with E-state index >= 15 is 0 Å². The Morgan fingerprint density at radius 2 is 1.74 bits per heavy atom. The van der Waals surface area contributed by atoms with Crippen molar-refractivity contribution in [2.75, 3.05) is 26.0 Å². The number of ether oxygens (including phenoxy) is 2. The van der Waals surface area contributed by atoms with E-state index in [1.807, 2.05) is 60.7 Å². The molecule has 0 saturated carbocycles. The van der Waals surface area contributed by atoms with Crippen molar-refractivity contribution in [3.8, 4) is 0 Å².